The molecule has 1 unspecified atom stereocenters. The maximum atomic E-state index is 6.52. The van der Waals surface area contributed by atoms with Crippen LogP contribution in [0.2, 0.25) is 0 Å². The topological polar surface area (TPSA) is 29.3 Å². The Kier molecular flexibility index (Phi) is 6.71. The number of nitrogens with two attached hydrogens (primary N) is 1. The summed E-state index contributed by atoms with van der Waals surface area (Å²) in [6.45, 7) is 8.59. The first kappa shape index (κ1) is 23.6. The molecule has 0 spiro atoms. The number of nitrogens with zero attached hydrogens (tertiary/aromatic N) is 1. The van der Waals surface area contributed by atoms with E-state index in [4.69, 9.17) is 5.84 Å². The average molecular weight is 469 g/mol. The van der Waals surface area contributed by atoms with Crippen molar-refractivity contribution < 1.29 is 0 Å². The van der Waals surface area contributed by atoms with Crippen LogP contribution in [-0.2, 0) is 0 Å². The Balaban J connectivity index is 1.45. The first-order valence-electron chi connectivity index (χ1n) is 12.6. The Bertz CT molecular complexity index is 1430. The van der Waals surface area contributed by atoms with Gasteiger partial charge in [0.15, 0.2) is 0 Å². The summed E-state index contributed by atoms with van der Waals surface area (Å²) in [4.78, 5) is 0. The minimum atomic E-state index is 0.370. The van der Waals surface area contributed by atoms with Gasteiger partial charge in [-0.25, -0.2) is 5.84 Å². The maximum absolute atomic E-state index is 6.52. The van der Waals surface area contributed by atoms with Crippen LogP contribution in [0.25, 0.3) is 22.3 Å². The van der Waals surface area contributed by atoms with Crippen LogP contribution in [0.4, 0.5) is 11.4 Å². The summed E-state index contributed by atoms with van der Waals surface area (Å²) in [5, 5.41) is 1.73. The van der Waals surface area contributed by atoms with Crippen LogP contribution in [-0.4, -0.2) is 0 Å². The molecule has 1 atom stereocenters. The van der Waals surface area contributed by atoms with E-state index >= 15 is 0 Å². The third-order valence-corrected chi connectivity index (χ3v) is 7.17. The van der Waals surface area contributed by atoms with Crippen LogP contribution in [0.3, 0.4) is 0 Å². The third-order valence-electron chi connectivity index (χ3n) is 7.17. The summed E-state index contributed by atoms with van der Waals surface area (Å²) in [5.74, 6) is 6.89. The Morgan fingerprint density at radius 2 is 1.39 bits per heavy atom. The van der Waals surface area contributed by atoms with Gasteiger partial charge in [-0.1, -0.05) is 105 Å². The second-order valence-corrected chi connectivity index (χ2v) is 9.11. The van der Waals surface area contributed by atoms with Gasteiger partial charge in [0.25, 0.3) is 0 Å². The van der Waals surface area contributed by atoms with E-state index < -0.39 is 0 Å². The van der Waals surface area contributed by atoms with E-state index in [2.05, 4.69) is 124 Å². The molecular formula is C34H32N2. The molecule has 0 fully saturated rings. The van der Waals surface area contributed by atoms with Crippen LogP contribution in [0.5, 0.6) is 0 Å². The van der Waals surface area contributed by atoms with Crippen molar-refractivity contribution in [2.75, 3.05) is 5.01 Å². The number of hydrogen-bond donors (Lipinski definition) is 1. The van der Waals surface area contributed by atoms with Crippen molar-refractivity contribution in [3.63, 3.8) is 0 Å². The highest BCUT2D eigenvalue weighted by molar-refractivity contribution is 5.98. The Labute approximate surface area is 214 Å². The molecule has 0 aliphatic heterocycles. The Hall–Kier alpha value is -4.14. The Morgan fingerprint density at radius 1 is 0.806 bits per heavy atom. The fourth-order valence-electron chi connectivity index (χ4n) is 5.38. The lowest BCUT2D eigenvalue weighted by molar-refractivity contribution is 0.800. The molecule has 4 aromatic rings. The quantitative estimate of drug-likeness (QED) is 0.226. The summed E-state index contributed by atoms with van der Waals surface area (Å²) in [6, 6.07) is 36.0. The monoisotopic (exact) mass is 468 g/mol. The zero-order chi connectivity index (χ0) is 25.1. The summed E-state index contributed by atoms with van der Waals surface area (Å²) in [5.41, 5.74) is 12.0. The van der Waals surface area contributed by atoms with E-state index in [1.807, 2.05) is 12.1 Å². The van der Waals surface area contributed by atoms with E-state index in [1.165, 1.54) is 39.0 Å². The van der Waals surface area contributed by atoms with Crippen LogP contribution >= 0.6 is 0 Å². The highest BCUT2D eigenvalue weighted by atomic mass is 15.4. The fraction of sp³-hybridized carbons (Fsp3) is 0.118. The SMILES string of the molecule is C=C/C(=C1\C(=C/C)c2ccccc2C1CC)c1ccc(N(N)c2ccc(-c3ccccc3)cc2)cc1. The van der Waals surface area contributed by atoms with E-state index in [0.717, 1.165) is 23.4 Å². The van der Waals surface area contributed by atoms with Gasteiger partial charge in [-0.2, -0.15) is 0 Å². The molecule has 178 valence electrons. The molecule has 0 radical (unpaired) electrons. The molecule has 0 saturated carbocycles. The molecule has 1 aliphatic rings. The minimum absolute atomic E-state index is 0.370. The van der Waals surface area contributed by atoms with Gasteiger partial charge in [-0.3, -0.25) is 5.01 Å². The van der Waals surface area contributed by atoms with Gasteiger partial charge in [-0.05, 0) is 82.1 Å². The van der Waals surface area contributed by atoms with Gasteiger partial charge < -0.3 is 0 Å². The predicted octanol–water partition coefficient (Wildman–Crippen LogP) is 8.92. The molecule has 4 aromatic carbocycles. The smallest absolute Gasteiger partial charge is 0.0575 e. The molecule has 2 N–H and O–H groups in total. The van der Waals surface area contributed by atoms with Gasteiger partial charge >= 0.3 is 0 Å². The zero-order valence-corrected chi connectivity index (χ0v) is 21.0. The minimum Gasteiger partial charge on any atom is -0.280 e. The van der Waals surface area contributed by atoms with Crippen molar-refractivity contribution in [3.8, 4) is 11.1 Å². The van der Waals surface area contributed by atoms with Gasteiger partial charge in [0.05, 0.1) is 11.4 Å². The molecule has 36 heavy (non-hydrogen) atoms. The molecule has 0 heterocycles. The second-order valence-electron chi connectivity index (χ2n) is 9.11. The van der Waals surface area contributed by atoms with Crippen LogP contribution in [0.1, 0.15) is 42.9 Å². The molecule has 2 nitrogen and oxygen atoms in total. The number of hydrazine groups is 1. The van der Waals surface area contributed by atoms with Crippen LogP contribution < -0.4 is 10.9 Å². The molecular weight excluding hydrogens is 436 g/mol. The average Bonchev–Trinajstić information content (AvgIpc) is 3.27. The first-order chi connectivity index (χ1) is 17.7. The normalized spacial score (nSPS) is 17.1. The standard InChI is InChI=1S/C34H32N2/c1-4-29(34-30(5-2)32-14-10-11-15-33(32)31(34)6-3)26-18-22-28(23-19-26)36(35)27-20-16-25(17-21-27)24-12-8-7-9-13-24/h4-5,7-23,31H,1,6,35H2,2-3H3/b30-5-,34-29-. The van der Waals surface area contributed by atoms with Crippen LogP contribution in [0.15, 0.2) is 127 Å². The number of anilines is 2. The second kappa shape index (κ2) is 10.2. The number of benzene rings is 4. The predicted molar refractivity (Wildman–Crippen MR) is 155 cm³/mol. The summed E-state index contributed by atoms with van der Waals surface area (Å²) in [6.07, 6.45) is 5.29. The summed E-state index contributed by atoms with van der Waals surface area (Å²) < 4.78 is 0. The van der Waals surface area contributed by atoms with Crippen molar-refractivity contribution in [3.05, 3.63) is 144 Å². The van der Waals surface area contributed by atoms with Crippen molar-refractivity contribution in [1.82, 2.24) is 0 Å². The van der Waals surface area contributed by atoms with Gasteiger partial charge in [0.1, 0.15) is 0 Å². The molecule has 0 aromatic heterocycles. The van der Waals surface area contributed by atoms with Crippen molar-refractivity contribution in [2.45, 2.75) is 26.2 Å². The van der Waals surface area contributed by atoms with Crippen molar-refractivity contribution in [2.24, 2.45) is 5.84 Å². The summed E-state index contributed by atoms with van der Waals surface area (Å²) in [7, 11) is 0. The first-order valence-corrected chi connectivity index (χ1v) is 12.6. The third kappa shape index (κ3) is 4.21. The van der Waals surface area contributed by atoms with E-state index in [-0.39, 0.29) is 0 Å². The Morgan fingerprint density at radius 3 is 2.00 bits per heavy atom. The highest BCUT2D eigenvalue weighted by Crippen LogP contribution is 2.50. The van der Waals surface area contributed by atoms with Gasteiger partial charge in [0.2, 0.25) is 0 Å². The largest absolute Gasteiger partial charge is 0.280 e. The molecule has 0 bridgehead atoms. The lowest BCUT2D eigenvalue weighted by Gasteiger charge is -2.21. The van der Waals surface area contributed by atoms with E-state index in [0.29, 0.717) is 5.92 Å². The maximum Gasteiger partial charge on any atom is 0.0575 e. The molecule has 1 aliphatic carbocycles. The lowest BCUT2D eigenvalue weighted by atomic mass is 9.87. The summed E-state index contributed by atoms with van der Waals surface area (Å²) >= 11 is 0. The van der Waals surface area contributed by atoms with E-state index in [1.54, 1.807) is 5.01 Å². The number of fused-ring (bicyclic) bond motifs is 1. The number of allylic oxidation sites excluding steroid dienone is 5. The van der Waals surface area contributed by atoms with Gasteiger partial charge in [-0.15, -0.1) is 0 Å². The van der Waals surface area contributed by atoms with Crippen molar-refractivity contribution >= 4 is 22.5 Å². The zero-order valence-electron chi connectivity index (χ0n) is 21.0. The molecule has 5 rings (SSSR count). The van der Waals surface area contributed by atoms with Crippen LogP contribution in [0, 0.1) is 0 Å². The molecule has 2 heteroatoms. The highest BCUT2D eigenvalue weighted by Gasteiger charge is 2.31. The van der Waals surface area contributed by atoms with Gasteiger partial charge in [0, 0.05) is 5.92 Å². The lowest BCUT2D eigenvalue weighted by Crippen LogP contribution is -2.24. The van der Waals surface area contributed by atoms with Crippen molar-refractivity contribution in [1.29, 1.82) is 0 Å². The molecule has 0 amide bonds. The number of rotatable bonds is 6. The number of hydrogen-bond acceptors (Lipinski definition) is 2. The molecule has 0 saturated heterocycles. The van der Waals surface area contributed by atoms with E-state index in [9.17, 15) is 0 Å². The fourth-order valence-corrected chi connectivity index (χ4v) is 5.38.